The van der Waals surface area contributed by atoms with Crippen molar-refractivity contribution < 1.29 is 0 Å². The standard InChI is InChI=1S/C16H12S/c1-2-6-12-10-16-14(9-11(12)5-1)13-7-3-4-8-15(13)17-16/h1,3-5,7-10H,2,6H2. The van der Waals surface area contributed by atoms with Crippen molar-refractivity contribution >= 4 is 37.6 Å². The Balaban J connectivity index is 2.16. The van der Waals surface area contributed by atoms with Gasteiger partial charge < -0.3 is 0 Å². The van der Waals surface area contributed by atoms with Gasteiger partial charge >= 0.3 is 0 Å². The molecule has 1 heterocycles. The van der Waals surface area contributed by atoms with Gasteiger partial charge in [0, 0.05) is 20.2 Å². The molecule has 1 aromatic heterocycles. The Hall–Kier alpha value is -1.60. The molecule has 0 amide bonds. The minimum Gasteiger partial charge on any atom is -0.135 e. The molecule has 82 valence electrons. The van der Waals surface area contributed by atoms with Gasteiger partial charge in [-0.1, -0.05) is 30.4 Å². The van der Waals surface area contributed by atoms with Crippen LogP contribution in [-0.2, 0) is 6.42 Å². The fourth-order valence-corrected chi connectivity index (χ4v) is 3.80. The van der Waals surface area contributed by atoms with Gasteiger partial charge in [-0.3, -0.25) is 0 Å². The summed E-state index contributed by atoms with van der Waals surface area (Å²) in [6.45, 7) is 0. The van der Waals surface area contributed by atoms with Crippen molar-refractivity contribution in [1.29, 1.82) is 0 Å². The van der Waals surface area contributed by atoms with E-state index in [2.05, 4.69) is 48.6 Å². The second-order valence-electron chi connectivity index (χ2n) is 4.59. The first-order valence-electron chi connectivity index (χ1n) is 6.02. The summed E-state index contributed by atoms with van der Waals surface area (Å²) in [7, 11) is 0. The summed E-state index contributed by atoms with van der Waals surface area (Å²) < 4.78 is 2.83. The lowest BCUT2D eigenvalue weighted by atomic mass is 9.96. The lowest BCUT2D eigenvalue weighted by Gasteiger charge is -2.09. The van der Waals surface area contributed by atoms with E-state index in [4.69, 9.17) is 0 Å². The van der Waals surface area contributed by atoms with Gasteiger partial charge in [0.25, 0.3) is 0 Å². The van der Waals surface area contributed by atoms with Crippen LogP contribution < -0.4 is 0 Å². The number of rotatable bonds is 0. The number of aryl methyl sites for hydroxylation is 1. The molecule has 3 aromatic rings. The van der Waals surface area contributed by atoms with Crippen LogP contribution in [0.5, 0.6) is 0 Å². The highest BCUT2D eigenvalue weighted by atomic mass is 32.1. The predicted octanol–water partition coefficient (Wildman–Crippen LogP) is 5.01. The van der Waals surface area contributed by atoms with Crippen LogP contribution in [0, 0.1) is 0 Å². The predicted molar refractivity (Wildman–Crippen MR) is 76.7 cm³/mol. The van der Waals surface area contributed by atoms with Gasteiger partial charge in [-0.15, -0.1) is 11.3 Å². The van der Waals surface area contributed by atoms with E-state index < -0.39 is 0 Å². The molecule has 0 N–H and O–H groups in total. The van der Waals surface area contributed by atoms with E-state index in [1.54, 1.807) is 0 Å². The largest absolute Gasteiger partial charge is 0.135 e. The number of benzene rings is 2. The summed E-state index contributed by atoms with van der Waals surface area (Å²) in [6.07, 6.45) is 6.92. The maximum atomic E-state index is 2.39. The zero-order chi connectivity index (χ0) is 11.2. The van der Waals surface area contributed by atoms with Crippen LogP contribution in [0.4, 0.5) is 0 Å². The molecule has 17 heavy (non-hydrogen) atoms. The summed E-state index contributed by atoms with van der Waals surface area (Å²) in [5.41, 5.74) is 2.92. The smallest absolute Gasteiger partial charge is 0.0358 e. The molecule has 0 nitrogen and oxygen atoms in total. The molecule has 0 aliphatic heterocycles. The Morgan fingerprint density at radius 3 is 2.88 bits per heavy atom. The molecule has 0 fully saturated rings. The Kier molecular flexibility index (Phi) is 1.91. The van der Waals surface area contributed by atoms with Crippen LogP contribution >= 0.6 is 11.3 Å². The second kappa shape index (κ2) is 3.44. The Morgan fingerprint density at radius 2 is 1.88 bits per heavy atom. The molecule has 0 spiro atoms. The fraction of sp³-hybridized carbons (Fsp3) is 0.125. The average Bonchev–Trinajstić information content (AvgIpc) is 2.73. The van der Waals surface area contributed by atoms with Crippen LogP contribution in [0.3, 0.4) is 0 Å². The van der Waals surface area contributed by atoms with Crippen molar-refractivity contribution in [3.63, 3.8) is 0 Å². The summed E-state index contributed by atoms with van der Waals surface area (Å²) in [4.78, 5) is 0. The molecule has 4 rings (SSSR count). The summed E-state index contributed by atoms with van der Waals surface area (Å²) >= 11 is 1.91. The van der Waals surface area contributed by atoms with Crippen LogP contribution in [0.15, 0.2) is 42.5 Å². The number of fused-ring (bicyclic) bond motifs is 4. The normalized spacial score (nSPS) is 14.4. The highest BCUT2D eigenvalue weighted by Crippen LogP contribution is 2.36. The molecular weight excluding hydrogens is 224 g/mol. The van der Waals surface area contributed by atoms with Crippen LogP contribution in [0.25, 0.3) is 26.2 Å². The van der Waals surface area contributed by atoms with Gasteiger partial charge in [0.05, 0.1) is 0 Å². The number of allylic oxidation sites excluding steroid dienone is 1. The third-order valence-corrected chi connectivity index (χ3v) is 4.65. The van der Waals surface area contributed by atoms with Crippen LogP contribution in [-0.4, -0.2) is 0 Å². The first-order valence-corrected chi connectivity index (χ1v) is 6.84. The number of thiophene rings is 1. The van der Waals surface area contributed by atoms with E-state index in [-0.39, 0.29) is 0 Å². The zero-order valence-corrected chi connectivity index (χ0v) is 10.3. The minimum atomic E-state index is 1.18. The lowest BCUT2D eigenvalue weighted by molar-refractivity contribution is 0.989. The van der Waals surface area contributed by atoms with Crippen molar-refractivity contribution in [2.24, 2.45) is 0 Å². The maximum Gasteiger partial charge on any atom is 0.0358 e. The molecule has 0 saturated heterocycles. The highest BCUT2D eigenvalue weighted by molar-refractivity contribution is 7.25. The molecule has 1 heteroatoms. The molecule has 2 aromatic carbocycles. The van der Waals surface area contributed by atoms with Gasteiger partial charge in [-0.2, -0.15) is 0 Å². The summed E-state index contributed by atoms with van der Waals surface area (Å²) in [6, 6.07) is 13.4. The third-order valence-electron chi connectivity index (χ3n) is 3.52. The van der Waals surface area contributed by atoms with Crippen LogP contribution in [0.2, 0.25) is 0 Å². The Morgan fingerprint density at radius 1 is 0.941 bits per heavy atom. The molecule has 0 radical (unpaired) electrons. The van der Waals surface area contributed by atoms with Gasteiger partial charge in [0.2, 0.25) is 0 Å². The molecule has 0 unspecified atom stereocenters. The van der Waals surface area contributed by atoms with Crippen molar-refractivity contribution in [1.82, 2.24) is 0 Å². The van der Waals surface area contributed by atoms with Crippen molar-refractivity contribution in [3.05, 3.63) is 53.6 Å². The minimum absolute atomic E-state index is 1.18. The first kappa shape index (κ1) is 9.43. The average molecular weight is 236 g/mol. The Bertz CT molecular complexity index is 747. The molecule has 0 saturated carbocycles. The number of hydrogen-bond donors (Lipinski definition) is 0. The van der Waals surface area contributed by atoms with Gasteiger partial charge in [-0.05, 0) is 42.2 Å². The highest BCUT2D eigenvalue weighted by Gasteiger charge is 2.10. The van der Waals surface area contributed by atoms with E-state index in [0.717, 1.165) is 0 Å². The van der Waals surface area contributed by atoms with E-state index in [1.807, 2.05) is 11.3 Å². The van der Waals surface area contributed by atoms with Crippen molar-refractivity contribution in [3.8, 4) is 0 Å². The quantitative estimate of drug-likeness (QED) is 0.514. The van der Waals surface area contributed by atoms with E-state index >= 15 is 0 Å². The van der Waals surface area contributed by atoms with Gasteiger partial charge in [-0.25, -0.2) is 0 Å². The number of hydrogen-bond acceptors (Lipinski definition) is 1. The summed E-state index contributed by atoms with van der Waals surface area (Å²) in [5.74, 6) is 0. The van der Waals surface area contributed by atoms with Crippen molar-refractivity contribution in [2.75, 3.05) is 0 Å². The topological polar surface area (TPSA) is 0 Å². The molecule has 0 bridgehead atoms. The van der Waals surface area contributed by atoms with E-state index in [9.17, 15) is 0 Å². The van der Waals surface area contributed by atoms with E-state index in [1.165, 1.54) is 44.1 Å². The second-order valence-corrected chi connectivity index (χ2v) is 5.67. The lowest BCUT2D eigenvalue weighted by Crippen LogP contribution is -1.92. The first-order chi connectivity index (χ1) is 8.42. The fourth-order valence-electron chi connectivity index (χ4n) is 2.65. The SMILES string of the molecule is C1=Cc2cc3c(cc2CC1)sc1ccccc13. The monoisotopic (exact) mass is 236 g/mol. The molecule has 1 aliphatic rings. The van der Waals surface area contributed by atoms with E-state index in [0.29, 0.717) is 0 Å². The zero-order valence-electron chi connectivity index (χ0n) is 9.44. The maximum absolute atomic E-state index is 2.39. The van der Waals surface area contributed by atoms with Gasteiger partial charge in [0.1, 0.15) is 0 Å². The van der Waals surface area contributed by atoms with Crippen molar-refractivity contribution in [2.45, 2.75) is 12.8 Å². The molecule has 0 atom stereocenters. The summed E-state index contributed by atoms with van der Waals surface area (Å²) in [5, 5.41) is 2.81. The molecular formula is C16H12S. The molecule has 1 aliphatic carbocycles. The van der Waals surface area contributed by atoms with Crippen LogP contribution in [0.1, 0.15) is 17.5 Å². The Labute approximate surface area is 104 Å². The third kappa shape index (κ3) is 1.36. The van der Waals surface area contributed by atoms with Gasteiger partial charge in [0.15, 0.2) is 0 Å².